The van der Waals surface area contributed by atoms with Crippen LogP contribution in [0.1, 0.15) is 44.7 Å². The molecule has 2 aromatic heterocycles. The summed E-state index contributed by atoms with van der Waals surface area (Å²) in [7, 11) is 0. The number of aliphatic hydroxyl groups excluding tert-OH is 1. The zero-order valence-electron chi connectivity index (χ0n) is 19.8. The molecule has 10 heteroatoms. The van der Waals surface area contributed by atoms with Crippen LogP contribution in [0.2, 0.25) is 5.02 Å². The number of aryl methyl sites for hydroxylation is 1. The van der Waals surface area contributed by atoms with Gasteiger partial charge in [-0.15, -0.1) is 0 Å². The number of aromatic nitrogens is 3. The minimum Gasteiger partial charge on any atom is -0.394 e. The van der Waals surface area contributed by atoms with E-state index in [2.05, 4.69) is 31.7 Å². The number of halogens is 1. The second-order valence-corrected chi connectivity index (χ2v) is 11.3. The van der Waals surface area contributed by atoms with Gasteiger partial charge in [-0.2, -0.15) is 0 Å². The lowest BCUT2D eigenvalue weighted by Crippen LogP contribution is -2.41. The van der Waals surface area contributed by atoms with Gasteiger partial charge in [-0.3, -0.25) is 0 Å². The number of anilines is 3. The molecule has 184 valence electrons. The third-order valence-corrected chi connectivity index (χ3v) is 8.93. The number of ether oxygens (including phenoxy) is 1. The molecule has 1 spiro atoms. The summed E-state index contributed by atoms with van der Waals surface area (Å²) in [5.74, 6) is 1.95. The highest BCUT2D eigenvalue weighted by molar-refractivity contribution is 7.99. The molecule has 2 atom stereocenters. The molecule has 8 nitrogen and oxygen atoms in total. The first-order valence-electron chi connectivity index (χ1n) is 12.1. The Hall–Kier alpha value is -1.81. The van der Waals surface area contributed by atoms with Gasteiger partial charge in [-0.25, -0.2) is 15.0 Å². The average molecular weight is 505 g/mol. The summed E-state index contributed by atoms with van der Waals surface area (Å²) >= 11 is 8.21. The van der Waals surface area contributed by atoms with Gasteiger partial charge in [-0.05, 0) is 57.4 Å². The van der Waals surface area contributed by atoms with Crippen molar-refractivity contribution in [3.8, 4) is 0 Å². The summed E-state index contributed by atoms with van der Waals surface area (Å²) in [6.07, 6.45) is 7.50. The first-order valence-corrected chi connectivity index (χ1v) is 13.3. The lowest BCUT2D eigenvalue weighted by atomic mass is 9.77. The van der Waals surface area contributed by atoms with E-state index in [1.54, 1.807) is 0 Å². The van der Waals surface area contributed by atoms with E-state index in [-0.39, 0.29) is 12.6 Å². The van der Waals surface area contributed by atoms with Crippen LogP contribution < -0.4 is 15.5 Å². The van der Waals surface area contributed by atoms with E-state index in [1.165, 1.54) is 11.8 Å². The lowest BCUT2D eigenvalue weighted by molar-refractivity contribution is 0.0976. The number of nitrogens with zero attached hydrogens (tertiary/aromatic N) is 5. The molecule has 3 aliphatic rings. The first kappa shape index (κ1) is 23.9. The summed E-state index contributed by atoms with van der Waals surface area (Å²) in [5, 5.41) is 10.9. The predicted octanol–water partition coefficient (Wildman–Crippen LogP) is 3.92. The maximum atomic E-state index is 9.74. The Kier molecular flexibility index (Phi) is 6.81. The number of hydrogen-bond acceptors (Lipinski definition) is 9. The Morgan fingerprint density at radius 1 is 1.29 bits per heavy atom. The molecule has 3 fully saturated rings. The zero-order chi connectivity index (χ0) is 23.9. The monoisotopic (exact) mass is 504 g/mol. The van der Waals surface area contributed by atoms with Gasteiger partial charge in [0.1, 0.15) is 16.7 Å². The Labute approximate surface area is 210 Å². The van der Waals surface area contributed by atoms with E-state index < -0.39 is 0 Å². The number of pyridine rings is 1. The van der Waals surface area contributed by atoms with Crippen LogP contribution >= 0.6 is 23.4 Å². The van der Waals surface area contributed by atoms with Crippen LogP contribution in [0.15, 0.2) is 22.2 Å². The smallest absolute Gasteiger partial charge is 0.158 e. The highest BCUT2D eigenvalue weighted by atomic mass is 35.5. The molecule has 2 aromatic rings. The number of aliphatic hydroxyl groups is 1. The molecule has 0 radical (unpaired) electrons. The maximum Gasteiger partial charge on any atom is 0.158 e. The number of hydrogen-bond donors (Lipinski definition) is 2. The van der Waals surface area contributed by atoms with Crippen molar-refractivity contribution >= 4 is 40.8 Å². The molecule has 0 bridgehead atoms. The molecule has 34 heavy (non-hydrogen) atoms. The molecule has 0 aromatic carbocycles. The summed E-state index contributed by atoms with van der Waals surface area (Å²) < 4.78 is 5.85. The second-order valence-electron chi connectivity index (χ2n) is 9.90. The highest BCUT2D eigenvalue weighted by Gasteiger charge is 2.41. The van der Waals surface area contributed by atoms with Crippen molar-refractivity contribution in [2.45, 2.75) is 68.0 Å². The average Bonchev–Trinajstić information content (AvgIpc) is 3.44. The van der Waals surface area contributed by atoms with Crippen molar-refractivity contribution in [3.05, 3.63) is 23.0 Å². The summed E-state index contributed by atoms with van der Waals surface area (Å²) in [4.78, 5) is 19.2. The largest absolute Gasteiger partial charge is 0.394 e. The van der Waals surface area contributed by atoms with E-state index in [4.69, 9.17) is 22.1 Å². The van der Waals surface area contributed by atoms with E-state index in [0.29, 0.717) is 27.4 Å². The van der Waals surface area contributed by atoms with Gasteiger partial charge in [0.2, 0.25) is 0 Å². The topological polar surface area (TPSA) is 101 Å². The molecule has 5 rings (SSSR count). The van der Waals surface area contributed by atoms with Gasteiger partial charge in [0.25, 0.3) is 0 Å². The zero-order valence-corrected chi connectivity index (χ0v) is 21.4. The molecule has 5 heterocycles. The van der Waals surface area contributed by atoms with Crippen LogP contribution in [-0.4, -0.2) is 65.1 Å². The van der Waals surface area contributed by atoms with Crippen molar-refractivity contribution in [2.75, 3.05) is 48.4 Å². The van der Waals surface area contributed by atoms with Gasteiger partial charge >= 0.3 is 0 Å². The molecule has 0 saturated carbocycles. The third kappa shape index (κ3) is 4.67. The fourth-order valence-electron chi connectivity index (χ4n) is 5.50. The number of nitrogens with two attached hydrogens (primary N) is 1. The standard InChI is InChI=1S/C24H33ClN6O2S/c1-15-10-18(20(25)22(28-15)31-7-3-4-17(31)13-32)34-23-21(26)29-19(12-27-23)30-8-5-24(6-9-30)11-16(2)33-14-24/h10,12,16-17,32H,3-9,11,13-14H2,1-2H3,(H2,26,29)/t16-,17?/m0/s1. The van der Waals surface area contributed by atoms with Gasteiger partial charge in [0, 0.05) is 30.2 Å². The normalized spacial score (nSPS) is 24.4. The molecule has 3 N–H and O–H groups in total. The summed E-state index contributed by atoms with van der Waals surface area (Å²) in [5.41, 5.74) is 7.54. The van der Waals surface area contributed by atoms with Crippen molar-refractivity contribution in [2.24, 2.45) is 5.41 Å². The third-order valence-electron chi connectivity index (χ3n) is 7.40. The molecule has 0 aliphatic carbocycles. The number of rotatable bonds is 5. The minimum atomic E-state index is 0.0523. The van der Waals surface area contributed by atoms with E-state index in [0.717, 1.165) is 80.6 Å². The number of piperidine rings is 1. The van der Waals surface area contributed by atoms with Crippen molar-refractivity contribution in [1.29, 1.82) is 0 Å². The van der Waals surface area contributed by atoms with Crippen LogP contribution in [-0.2, 0) is 4.74 Å². The molecular weight excluding hydrogens is 472 g/mol. The van der Waals surface area contributed by atoms with Crippen LogP contribution in [0.3, 0.4) is 0 Å². The number of nitrogen functional groups attached to an aromatic ring is 1. The highest BCUT2D eigenvalue weighted by Crippen LogP contribution is 2.43. The van der Waals surface area contributed by atoms with E-state index in [1.807, 2.05) is 19.2 Å². The van der Waals surface area contributed by atoms with Crippen LogP contribution in [0.5, 0.6) is 0 Å². The van der Waals surface area contributed by atoms with E-state index in [9.17, 15) is 5.11 Å². The van der Waals surface area contributed by atoms with Gasteiger partial charge < -0.3 is 25.4 Å². The minimum absolute atomic E-state index is 0.0523. The van der Waals surface area contributed by atoms with Crippen LogP contribution in [0, 0.1) is 12.3 Å². The van der Waals surface area contributed by atoms with Gasteiger partial charge in [-0.1, -0.05) is 23.4 Å². The second kappa shape index (κ2) is 9.68. The lowest BCUT2D eigenvalue weighted by Gasteiger charge is -2.38. The quantitative estimate of drug-likeness (QED) is 0.627. The SMILES string of the molecule is Cc1cc(Sc2ncc(N3CCC4(CC3)CO[C@@H](C)C4)nc2N)c(Cl)c(N2CCCC2CO)n1. The first-order chi connectivity index (χ1) is 16.4. The van der Waals surface area contributed by atoms with Crippen molar-refractivity contribution in [1.82, 2.24) is 15.0 Å². The van der Waals surface area contributed by atoms with Gasteiger partial charge in [0.15, 0.2) is 5.82 Å². The molecule has 3 aliphatic heterocycles. The Bertz CT molecular complexity index is 1050. The van der Waals surface area contributed by atoms with Crippen molar-refractivity contribution in [3.63, 3.8) is 0 Å². The summed E-state index contributed by atoms with van der Waals surface area (Å²) in [6, 6.07) is 2.00. The van der Waals surface area contributed by atoms with Gasteiger partial charge in [0.05, 0.1) is 36.6 Å². The Morgan fingerprint density at radius 2 is 2.09 bits per heavy atom. The molecule has 0 amide bonds. The summed E-state index contributed by atoms with van der Waals surface area (Å²) in [6.45, 7) is 7.80. The molecular formula is C24H33ClN6O2S. The van der Waals surface area contributed by atoms with E-state index >= 15 is 0 Å². The predicted molar refractivity (Wildman–Crippen MR) is 136 cm³/mol. The Morgan fingerprint density at radius 3 is 2.76 bits per heavy atom. The fraction of sp³-hybridized carbons (Fsp3) is 0.625. The Balaban J connectivity index is 1.31. The maximum absolute atomic E-state index is 9.74. The molecule has 1 unspecified atom stereocenters. The van der Waals surface area contributed by atoms with Crippen LogP contribution in [0.4, 0.5) is 17.5 Å². The van der Waals surface area contributed by atoms with Crippen LogP contribution in [0.25, 0.3) is 0 Å². The fourth-order valence-corrected chi connectivity index (χ4v) is 6.70. The van der Waals surface area contributed by atoms with Crippen molar-refractivity contribution < 1.29 is 9.84 Å². The molecule has 3 saturated heterocycles.